The molecule has 0 amide bonds. The zero-order chi connectivity index (χ0) is 12.3. The molecule has 1 fully saturated rings. The van der Waals surface area contributed by atoms with Crippen molar-refractivity contribution in [2.45, 2.75) is 32.4 Å². The summed E-state index contributed by atoms with van der Waals surface area (Å²) >= 11 is 6.27. The lowest BCUT2D eigenvalue weighted by Crippen LogP contribution is -2.36. The van der Waals surface area contributed by atoms with E-state index >= 15 is 0 Å². The first-order valence-electron chi connectivity index (χ1n) is 6.40. The molecule has 0 spiro atoms. The van der Waals surface area contributed by atoms with Crippen LogP contribution in [0.15, 0.2) is 24.3 Å². The van der Waals surface area contributed by atoms with E-state index in [1.807, 2.05) is 12.1 Å². The van der Waals surface area contributed by atoms with Gasteiger partial charge in [-0.2, -0.15) is 0 Å². The zero-order valence-electron chi connectivity index (χ0n) is 10.6. The van der Waals surface area contributed by atoms with Crippen molar-refractivity contribution in [1.29, 1.82) is 0 Å². The van der Waals surface area contributed by atoms with Crippen molar-refractivity contribution in [2.24, 2.45) is 0 Å². The maximum Gasteiger partial charge on any atom is 0.0453 e. The molecule has 2 unspecified atom stereocenters. The third kappa shape index (κ3) is 3.21. The summed E-state index contributed by atoms with van der Waals surface area (Å²) in [6.45, 7) is 7.85. The van der Waals surface area contributed by atoms with Crippen LogP contribution < -0.4 is 5.32 Å². The van der Waals surface area contributed by atoms with E-state index in [0.29, 0.717) is 12.1 Å². The van der Waals surface area contributed by atoms with Crippen molar-refractivity contribution in [3.05, 3.63) is 34.9 Å². The first-order chi connectivity index (χ1) is 8.18. The third-order valence-electron chi connectivity index (χ3n) is 3.53. The van der Waals surface area contributed by atoms with Gasteiger partial charge in [0.05, 0.1) is 0 Å². The van der Waals surface area contributed by atoms with Crippen molar-refractivity contribution in [2.75, 3.05) is 19.6 Å². The topological polar surface area (TPSA) is 15.3 Å². The van der Waals surface area contributed by atoms with Gasteiger partial charge in [0.15, 0.2) is 0 Å². The highest BCUT2D eigenvalue weighted by Crippen LogP contribution is 2.27. The predicted molar refractivity (Wildman–Crippen MR) is 73.5 cm³/mol. The number of nitrogens with zero attached hydrogens (tertiary/aromatic N) is 1. The maximum atomic E-state index is 6.27. The molecule has 1 aliphatic rings. The lowest BCUT2D eigenvalue weighted by atomic mass is 10.1. The summed E-state index contributed by atoms with van der Waals surface area (Å²) in [4.78, 5) is 2.52. The molecule has 1 heterocycles. The average molecular weight is 253 g/mol. The van der Waals surface area contributed by atoms with Gasteiger partial charge in [0, 0.05) is 30.2 Å². The molecule has 1 saturated heterocycles. The van der Waals surface area contributed by atoms with Gasteiger partial charge in [0.1, 0.15) is 0 Å². The number of hydrogen-bond donors (Lipinski definition) is 1. The van der Waals surface area contributed by atoms with Crippen LogP contribution in [0.2, 0.25) is 5.02 Å². The van der Waals surface area contributed by atoms with Crippen LogP contribution in [0.3, 0.4) is 0 Å². The average Bonchev–Trinajstić information content (AvgIpc) is 2.54. The second kappa shape index (κ2) is 5.85. The minimum absolute atomic E-state index is 0.394. The molecule has 1 aliphatic heterocycles. The van der Waals surface area contributed by atoms with Crippen LogP contribution in [0.5, 0.6) is 0 Å². The summed E-state index contributed by atoms with van der Waals surface area (Å²) < 4.78 is 0. The molecular formula is C14H21ClN2. The Balaban J connectivity index is 2.13. The second-order valence-corrected chi connectivity index (χ2v) is 5.31. The quantitative estimate of drug-likeness (QED) is 0.870. The fraction of sp³-hybridized carbons (Fsp3) is 0.571. The van der Waals surface area contributed by atoms with Crippen LogP contribution in [-0.4, -0.2) is 30.6 Å². The van der Waals surface area contributed by atoms with Crippen molar-refractivity contribution in [1.82, 2.24) is 10.2 Å². The highest BCUT2D eigenvalue weighted by atomic mass is 35.5. The SMILES string of the molecule is CC1CN(C(C)c2ccccc2Cl)CCCN1. The Labute approximate surface area is 109 Å². The summed E-state index contributed by atoms with van der Waals surface area (Å²) in [5, 5.41) is 4.40. The van der Waals surface area contributed by atoms with E-state index in [9.17, 15) is 0 Å². The number of halogens is 1. The number of nitrogens with one attached hydrogen (secondary N) is 1. The van der Waals surface area contributed by atoms with Crippen molar-refractivity contribution in [3.63, 3.8) is 0 Å². The molecule has 1 aromatic carbocycles. The smallest absolute Gasteiger partial charge is 0.0453 e. The predicted octanol–water partition coefficient (Wildman–Crippen LogP) is 3.08. The Morgan fingerprint density at radius 3 is 2.94 bits per heavy atom. The van der Waals surface area contributed by atoms with Gasteiger partial charge in [-0.15, -0.1) is 0 Å². The summed E-state index contributed by atoms with van der Waals surface area (Å²) in [5.74, 6) is 0. The lowest BCUT2D eigenvalue weighted by Gasteiger charge is -2.30. The van der Waals surface area contributed by atoms with Crippen LogP contribution in [0.4, 0.5) is 0 Å². The number of hydrogen-bond acceptors (Lipinski definition) is 2. The standard InChI is InChI=1S/C14H21ClN2/c1-11-10-17(9-5-8-16-11)12(2)13-6-3-4-7-14(13)15/h3-4,6-7,11-12,16H,5,8-10H2,1-2H3. The van der Waals surface area contributed by atoms with E-state index in [1.165, 1.54) is 12.0 Å². The van der Waals surface area contributed by atoms with Gasteiger partial charge >= 0.3 is 0 Å². The van der Waals surface area contributed by atoms with Crippen LogP contribution in [0, 0.1) is 0 Å². The minimum Gasteiger partial charge on any atom is -0.313 e. The molecule has 2 atom stereocenters. The van der Waals surface area contributed by atoms with E-state index in [0.717, 1.165) is 24.7 Å². The molecule has 2 rings (SSSR count). The first kappa shape index (κ1) is 12.9. The number of benzene rings is 1. The van der Waals surface area contributed by atoms with E-state index in [-0.39, 0.29) is 0 Å². The Kier molecular flexibility index (Phi) is 4.43. The molecule has 2 nitrogen and oxygen atoms in total. The molecule has 0 radical (unpaired) electrons. The van der Waals surface area contributed by atoms with Gasteiger partial charge in [-0.25, -0.2) is 0 Å². The molecule has 1 N–H and O–H groups in total. The van der Waals surface area contributed by atoms with E-state index < -0.39 is 0 Å². The zero-order valence-corrected chi connectivity index (χ0v) is 11.4. The molecule has 17 heavy (non-hydrogen) atoms. The third-order valence-corrected chi connectivity index (χ3v) is 3.87. The largest absolute Gasteiger partial charge is 0.313 e. The van der Waals surface area contributed by atoms with Gasteiger partial charge in [-0.05, 0) is 38.4 Å². The van der Waals surface area contributed by atoms with Gasteiger partial charge < -0.3 is 5.32 Å². The van der Waals surface area contributed by atoms with Crippen molar-refractivity contribution in [3.8, 4) is 0 Å². The Morgan fingerprint density at radius 2 is 2.18 bits per heavy atom. The Hall–Kier alpha value is -0.570. The summed E-state index contributed by atoms with van der Waals surface area (Å²) in [6, 6.07) is 9.12. The van der Waals surface area contributed by atoms with Gasteiger partial charge in [-0.1, -0.05) is 29.8 Å². The van der Waals surface area contributed by atoms with Crippen LogP contribution in [0.1, 0.15) is 31.9 Å². The van der Waals surface area contributed by atoms with Gasteiger partial charge in [-0.3, -0.25) is 4.90 Å². The number of rotatable bonds is 2. The second-order valence-electron chi connectivity index (χ2n) is 4.90. The van der Waals surface area contributed by atoms with Crippen molar-refractivity contribution >= 4 is 11.6 Å². The fourth-order valence-corrected chi connectivity index (χ4v) is 2.79. The maximum absolute atomic E-state index is 6.27. The summed E-state index contributed by atoms with van der Waals surface area (Å²) in [7, 11) is 0. The van der Waals surface area contributed by atoms with E-state index in [4.69, 9.17) is 11.6 Å². The molecule has 94 valence electrons. The van der Waals surface area contributed by atoms with Crippen LogP contribution in [0.25, 0.3) is 0 Å². The lowest BCUT2D eigenvalue weighted by molar-refractivity contribution is 0.210. The van der Waals surface area contributed by atoms with E-state index in [2.05, 4.69) is 36.2 Å². The van der Waals surface area contributed by atoms with Crippen molar-refractivity contribution < 1.29 is 0 Å². The molecule has 3 heteroatoms. The molecule has 1 aromatic rings. The molecular weight excluding hydrogens is 232 g/mol. The van der Waals surface area contributed by atoms with E-state index in [1.54, 1.807) is 0 Å². The molecule has 0 saturated carbocycles. The Morgan fingerprint density at radius 1 is 1.41 bits per heavy atom. The summed E-state index contributed by atoms with van der Waals surface area (Å²) in [5.41, 5.74) is 1.24. The Bertz CT molecular complexity index is 367. The van der Waals surface area contributed by atoms with Gasteiger partial charge in [0.2, 0.25) is 0 Å². The molecule has 0 bridgehead atoms. The highest BCUT2D eigenvalue weighted by Gasteiger charge is 2.21. The molecule has 0 aliphatic carbocycles. The first-order valence-corrected chi connectivity index (χ1v) is 6.78. The monoisotopic (exact) mass is 252 g/mol. The molecule has 0 aromatic heterocycles. The fourth-order valence-electron chi connectivity index (χ4n) is 2.50. The highest BCUT2D eigenvalue weighted by molar-refractivity contribution is 6.31. The summed E-state index contributed by atoms with van der Waals surface area (Å²) in [6.07, 6.45) is 1.21. The minimum atomic E-state index is 0.394. The van der Waals surface area contributed by atoms with Gasteiger partial charge in [0.25, 0.3) is 0 Å². The normalized spacial score (nSPS) is 24.3. The van der Waals surface area contributed by atoms with Crippen LogP contribution >= 0.6 is 11.6 Å². The van der Waals surface area contributed by atoms with Crippen LogP contribution in [-0.2, 0) is 0 Å².